The molecule has 3 N–H and O–H groups in total. The summed E-state index contributed by atoms with van der Waals surface area (Å²) in [6.45, 7) is 1.47. The van der Waals surface area contributed by atoms with Gasteiger partial charge in [-0.05, 0) is 38.1 Å². The van der Waals surface area contributed by atoms with E-state index in [1.165, 1.54) is 6.92 Å². The van der Waals surface area contributed by atoms with E-state index in [0.717, 1.165) is 5.56 Å². The number of nitrogens with one attached hydrogen (secondary N) is 2. The molecule has 1 aromatic carbocycles. The second kappa shape index (κ2) is 6.76. The number of likely N-dealkylation sites (N-methyl/N-ethyl adjacent to an activating group) is 1. The van der Waals surface area contributed by atoms with Crippen LogP contribution >= 0.6 is 0 Å². The van der Waals surface area contributed by atoms with Gasteiger partial charge in [0.2, 0.25) is 5.91 Å². The molecule has 0 saturated carbocycles. The van der Waals surface area contributed by atoms with Gasteiger partial charge in [-0.25, -0.2) is 0 Å². The van der Waals surface area contributed by atoms with Gasteiger partial charge in [0.05, 0.1) is 12.6 Å². The molecule has 0 aliphatic carbocycles. The third kappa shape index (κ3) is 4.55. The first-order chi connectivity index (χ1) is 8.52. The van der Waals surface area contributed by atoms with Crippen LogP contribution in [-0.4, -0.2) is 36.4 Å². The third-order valence-electron chi connectivity index (χ3n) is 2.55. The van der Waals surface area contributed by atoms with Crippen LogP contribution in [-0.2, 0) is 16.0 Å². The number of hydrogen-bond donors (Lipinski definition) is 3. The van der Waals surface area contributed by atoms with Crippen LogP contribution in [0.4, 0.5) is 0 Å². The van der Waals surface area contributed by atoms with Crippen molar-refractivity contribution in [3.8, 4) is 5.75 Å². The zero-order valence-electron chi connectivity index (χ0n) is 10.6. The molecule has 0 radical (unpaired) electrons. The SMILES string of the molecule is CNC(Cc1ccc(O)cc1)C(=O)NCC(C)=O. The fourth-order valence-corrected chi connectivity index (χ4v) is 1.53. The lowest BCUT2D eigenvalue weighted by Crippen LogP contribution is -2.45. The van der Waals surface area contributed by atoms with Crippen molar-refractivity contribution in [3.05, 3.63) is 29.8 Å². The lowest BCUT2D eigenvalue weighted by atomic mass is 10.1. The molecule has 5 nitrogen and oxygen atoms in total. The van der Waals surface area contributed by atoms with Crippen LogP contribution in [0, 0.1) is 0 Å². The van der Waals surface area contributed by atoms with Crippen LogP contribution in [0.2, 0.25) is 0 Å². The summed E-state index contributed by atoms with van der Waals surface area (Å²) in [6, 6.07) is 6.29. The molecule has 0 aromatic heterocycles. The number of phenols is 1. The van der Waals surface area contributed by atoms with Gasteiger partial charge in [0.1, 0.15) is 11.5 Å². The molecule has 0 saturated heterocycles. The number of aromatic hydroxyl groups is 1. The summed E-state index contributed by atoms with van der Waals surface area (Å²) in [7, 11) is 1.69. The molecular weight excluding hydrogens is 232 g/mol. The molecule has 1 aromatic rings. The summed E-state index contributed by atoms with van der Waals surface area (Å²) in [5.41, 5.74) is 0.935. The predicted octanol–water partition coefficient (Wildman–Crippen LogP) is 0.228. The average Bonchev–Trinajstić information content (AvgIpc) is 2.35. The third-order valence-corrected chi connectivity index (χ3v) is 2.55. The van der Waals surface area contributed by atoms with Crippen molar-refractivity contribution in [2.75, 3.05) is 13.6 Å². The highest BCUT2D eigenvalue weighted by Crippen LogP contribution is 2.11. The molecule has 0 bridgehead atoms. The van der Waals surface area contributed by atoms with E-state index in [9.17, 15) is 14.7 Å². The Morgan fingerprint density at radius 3 is 2.39 bits per heavy atom. The first kappa shape index (κ1) is 14.2. The van der Waals surface area contributed by atoms with Crippen molar-refractivity contribution < 1.29 is 14.7 Å². The molecule has 0 aliphatic rings. The Kier molecular flexibility index (Phi) is 5.32. The van der Waals surface area contributed by atoms with E-state index in [4.69, 9.17) is 0 Å². The molecule has 0 heterocycles. The van der Waals surface area contributed by atoms with E-state index in [2.05, 4.69) is 10.6 Å². The van der Waals surface area contributed by atoms with Gasteiger partial charge in [0, 0.05) is 0 Å². The zero-order chi connectivity index (χ0) is 13.5. The van der Waals surface area contributed by atoms with Crippen molar-refractivity contribution >= 4 is 11.7 Å². The molecule has 18 heavy (non-hydrogen) atoms. The molecule has 1 unspecified atom stereocenters. The number of Topliss-reactive ketones (excluding diaryl/α,β-unsaturated/α-hetero) is 1. The molecule has 1 rings (SSSR count). The Balaban J connectivity index is 2.58. The van der Waals surface area contributed by atoms with Crippen molar-refractivity contribution in [1.29, 1.82) is 0 Å². The average molecular weight is 250 g/mol. The van der Waals surface area contributed by atoms with Crippen LogP contribution in [0.1, 0.15) is 12.5 Å². The summed E-state index contributed by atoms with van der Waals surface area (Å²) in [5, 5.41) is 14.6. The topological polar surface area (TPSA) is 78.4 Å². The number of phenolic OH excluding ortho intramolecular Hbond substituents is 1. The highest BCUT2D eigenvalue weighted by Gasteiger charge is 2.16. The highest BCUT2D eigenvalue weighted by molar-refractivity contribution is 5.87. The van der Waals surface area contributed by atoms with E-state index in [-0.39, 0.29) is 24.0 Å². The normalized spacial score (nSPS) is 11.9. The first-order valence-electron chi connectivity index (χ1n) is 5.75. The monoisotopic (exact) mass is 250 g/mol. The number of benzene rings is 1. The van der Waals surface area contributed by atoms with Crippen molar-refractivity contribution in [1.82, 2.24) is 10.6 Å². The van der Waals surface area contributed by atoms with Gasteiger partial charge in [-0.3, -0.25) is 9.59 Å². The van der Waals surface area contributed by atoms with Gasteiger partial charge < -0.3 is 15.7 Å². The summed E-state index contributed by atoms with van der Waals surface area (Å²) >= 11 is 0. The lowest BCUT2D eigenvalue weighted by Gasteiger charge is -2.15. The number of hydrogen-bond acceptors (Lipinski definition) is 4. The molecule has 0 aliphatic heterocycles. The van der Waals surface area contributed by atoms with Gasteiger partial charge in [-0.1, -0.05) is 12.1 Å². The minimum absolute atomic E-state index is 0.0482. The van der Waals surface area contributed by atoms with Crippen LogP contribution in [0.5, 0.6) is 5.75 Å². The minimum Gasteiger partial charge on any atom is -0.508 e. The Hall–Kier alpha value is -1.88. The lowest BCUT2D eigenvalue weighted by molar-refractivity contribution is -0.125. The maximum absolute atomic E-state index is 11.8. The Bertz CT molecular complexity index is 415. The molecular formula is C13H18N2O3. The summed E-state index contributed by atoms with van der Waals surface area (Å²) in [4.78, 5) is 22.6. The summed E-state index contributed by atoms with van der Waals surface area (Å²) < 4.78 is 0. The van der Waals surface area contributed by atoms with E-state index in [1.54, 1.807) is 31.3 Å². The van der Waals surface area contributed by atoms with Gasteiger partial charge in [-0.2, -0.15) is 0 Å². The second-order valence-electron chi connectivity index (χ2n) is 4.13. The molecule has 1 amide bonds. The highest BCUT2D eigenvalue weighted by atomic mass is 16.3. The van der Waals surface area contributed by atoms with Crippen LogP contribution in [0.3, 0.4) is 0 Å². The molecule has 98 valence electrons. The fourth-order valence-electron chi connectivity index (χ4n) is 1.53. The summed E-state index contributed by atoms with van der Waals surface area (Å²) in [6.07, 6.45) is 0.501. The van der Waals surface area contributed by atoms with E-state index >= 15 is 0 Å². The Morgan fingerprint density at radius 1 is 1.28 bits per heavy atom. The van der Waals surface area contributed by atoms with Gasteiger partial charge in [0.15, 0.2) is 0 Å². The molecule has 1 atom stereocenters. The standard InChI is InChI=1S/C13H18N2O3/c1-9(16)8-15-13(18)12(14-2)7-10-3-5-11(17)6-4-10/h3-6,12,14,17H,7-8H2,1-2H3,(H,15,18). The predicted molar refractivity (Wildman–Crippen MR) is 68.3 cm³/mol. The van der Waals surface area contributed by atoms with Gasteiger partial charge in [-0.15, -0.1) is 0 Å². The van der Waals surface area contributed by atoms with Crippen LogP contribution in [0.15, 0.2) is 24.3 Å². The number of carbonyl (C=O) groups is 2. The number of amides is 1. The van der Waals surface area contributed by atoms with Crippen molar-refractivity contribution in [3.63, 3.8) is 0 Å². The second-order valence-corrected chi connectivity index (χ2v) is 4.13. The van der Waals surface area contributed by atoms with Crippen molar-refractivity contribution in [2.45, 2.75) is 19.4 Å². The largest absolute Gasteiger partial charge is 0.508 e. The van der Waals surface area contributed by atoms with Crippen LogP contribution < -0.4 is 10.6 Å². The fraction of sp³-hybridized carbons (Fsp3) is 0.385. The Morgan fingerprint density at radius 2 is 1.89 bits per heavy atom. The number of rotatable bonds is 6. The molecule has 5 heteroatoms. The van der Waals surface area contributed by atoms with Gasteiger partial charge >= 0.3 is 0 Å². The maximum atomic E-state index is 11.8. The number of ketones is 1. The molecule has 0 fully saturated rings. The smallest absolute Gasteiger partial charge is 0.237 e. The quantitative estimate of drug-likeness (QED) is 0.675. The van der Waals surface area contributed by atoms with E-state index in [1.807, 2.05) is 0 Å². The number of carbonyl (C=O) groups excluding carboxylic acids is 2. The summed E-state index contributed by atoms with van der Waals surface area (Å²) in [5.74, 6) is -0.0931. The minimum atomic E-state index is -0.395. The van der Waals surface area contributed by atoms with E-state index in [0.29, 0.717) is 6.42 Å². The zero-order valence-corrected chi connectivity index (χ0v) is 10.6. The van der Waals surface area contributed by atoms with Crippen molar-refractivity contribution in [2.24, 2.45) is 0 Å². The maximum Gasteiger partial charge on any atom is 0.237 e. The van der Waals surface area contributed by atoms with E-state index < -0.39 is 6.04 Å². The van der Waals surface area contributed by atoms with Crippen LogP contribution in [0.25, 0.3) is 0 Å². The van der Waals surface area contributed by atoms with Gasteiger partial charge in [0.25, 0.3) is 0 Å². The Labute approximate surface area is 106 Å². The molecule has 0 spiro atoms. The first-order valence-corrected chi connectivity index (χ1v) is 5.75.